The number of carbonyl (C=O) groups is 2. The molecule has 4 nitrogen and oxygen atoms in total. The lowest BCUT2D eigenvalue weighted by atomic mass is 10.0. The van der Waals surface area contributed by atoms with Gasteiger partial charge in [0.25, 0.3) is 0 Å². The van der Waals surface area contributed by atoms with Gasteiger partial charge in [-0.15, -0.1) is 0 Å². The summed E-state index contributed by atoms with van der Waals surface area (Å²) in [5.41, 5.74) is 0. The largest absolute Gasteiger partial charge is 0.469 e. The summed E-state index contributed by atoms with van der Waals surface area (Å²) in [4.78, 5) is 24.3. The standard InChI is InChI=1S/C9H11NO3/c1-13-9(12)6-5-8(11)10-4-2-3-7(6)10/h2-3,6-7H,4-5H2,1H3/t6?,7-/m1/s1. The van der Waals surface area contributed by atoms with E-state index >= 15 is 0 Å². The van der Waals surface area contributed by atoms with Gasteiger partial charge in [0.2, 0.25) is 5.91 Å². The molecule has 2 aliphatic rings. The van der Waals surface area contributed by atoms with Gasteiger partial charge in [0, 0.05) is 13.0 Å². The lowest BCUT2D eigenvalue weighted by molar-refractivity contribution is -0.145. The van der Waals surface area contributed by atoms with Gasteiger partial charge < -0.3 is 9.64 Å². The van der Waals surface area contributed by atoms with Crippen LogP contribution >= 0.6 is 0 Å². The van der Waals surface area contributed by atoms with Crippen LogP contribution in [-0.4, -0.2) is 36.5 Å². The Morgan fingerprint density at radius 1 is 1.69 bits per heavy atom. The summed E-state index contributed by atoms with van der Waals surface area (Å²) in [6.45, 7) is 0.636. The van der Waals surface area contributed by atoms with Gasteiger partial charge in [-0.1, -0.05) is 12.2 Å². The van der Waals surface area contributed by atoms with Crippen LogP contribution in [0, 0.1) is 5.92 Å². The topological polar surface area (TPSA) is 46.6 Å². The minimum Gasteiger partial charge on any atom is -0.469 e. The zero-order valence-corrected chi connectivity index (χ0v) is 7.40. The zero-order valence-electron chi connectivity index (χ0n) is 7.40. The van der Waals surface area contributed by atoms with Gasteiger partial charge in [-0.25, -0.2) is 0 Å². The van der Waals surface area contributed by atoms with Crippen molar-refractivity contribution in [3.63, 3.8) is 0 Å². The molecule has 0 N–H and O–H groups in total. The lowest BCUT2D eigenvalue weighted by Gasteiger charge is -2.17. The second-order valence-electron chi connectivity index (χ2n) is 3.30. The van der Waals surface area contributed by atoms with Crippen LogP contribution in [0.1, 0.15) is 6.42 Å². The normalized spacial score (nSPS) is 30.8. The van der Waals surface area contributed by atoms with Gasteiger partial charge in [-0.2, -0.15) is 0 Å². The first kappa shape index (κ1) is 8.29. The van der Waals surface area contributed by atoms with E-state index in [1.807, 2.05) is 12.2 Å². The maximum absolute atomic E-state index is 11.4. The van der Waals surface area contributed by atoms with Crippen molar-refractivity contribution in [2.45, 2.75) is 12.5 Å². The number of amides is 1. The van der Waals surface area contributed by atoms with E-state index in [9.17, 15) is 9.59 Å². The number of hydrogen-bond acceptors (Lipinski definition) is 3. The first-order valence-electron chi connectivity index (χ1n) is 4.28. The molecule has 0 aromatic rings. The fourth-order valence-electron chi connectivity index (χ4n) is 1.96. The van der Waals surface area contributed by atoms with Crippen molar-refractivity contribution in [1.82, 2.24) is 4.90 Å². The Labute approximate surface area is 76.2 Å². The minimum absolute atomic E-state index is 0.0467. The Bertz CT molecular complexity index is 285. The number of carbonyl (C=O) groups excluding carboxylic acids is 2. The molecule has 70 valence electrons. The zero-order chi connectivity index (χ0) is 9.42. The highest BCUT2D eigenvalue weighted by Crippen LogP contribution is 2.30. The molecule has 1 amide bonds. The number of esters is 1. The predicted molar refractivity (Wildman–Crippen MR) is 44.8 cm³/mol. The molecular weight excluding hydrogens is 170 g/mol. The molecule has 0 saturated carbocycles. The second-order valence-corrected chi connectivity index (χ2v) is 3.30. The van der Waals surface area contributed by atoms with Crippen LogP contribution in [0.3, 0.4) is 0 Å². The number of methoxy groups -OCH3 is 1. The van der Waals surface area contributed by atoms with Gasteiger partial charge in [0.15, 0.2) is 0 Å². The molecular formula is C9H11NO3. The number of ether oxygens (including phenoxy) is 1. The van der Waals surface area contributed by atoms with Crippen molar-refractivity contribution in [2.24, 2.45) is 5.92 Å². The molecule has 0 spiro atoms. The Kier molecular flexibility index (Phi) is 1.83. The van der Waals surface area contributed by atoms with Crippen molar-refractivity contribution in [2.75, 3.05) is 13.7 Å². The predicted octanol–water partition coefficient (Wildman–Crippen LogP) is -0.0537. The molecule has 4 heteroatoms. The highest BCUT2D eigenvalue weighted by molar-refractivity contribution is 5.88. The van der Waals surface area contributed by atoms with E-state index in [-0.39, 0.29) is 23.8 Å². The van der Waals surface area contributed by atoms with Crippen molar-refractivity contribution >= 4 is 11.9 Å². The van der Waals surface area contributed by atoms with Crippen molar-refractivity contribution < 1.29 is 14.3 Å². The van der Waals surface area contributed by atoms with E-state index in [0.717, 1.165) is 0 Å². The molecule has 0 aromatic heterocycles. The summed E-state index contributed by atoms with van der Waals surface area (Å²) in [5, 5.41) is 0. The fourth-order valence-corrected chi connectivity index (χ4v) is 1.96. The van der Waals surface area contributed by atoms with Gasteiger partial charge in [-0.3, -0.25) is 9.59 Å². The SMILES string of the molecule is COC(=O)C1CC(=O)N2CC=C[C@H]12. The maximum atomic E-state index is 11.4. The molecule has 0 aliphatic carbocycles. The van der Waals surface area contributed by atoms with Gasteiger partial charge in [-0.05, 0) is 0 Å². The molecule has 0 aromatic carbocycles. The Morgan fingerprint density at radius 3 is 3.15 bits per heavy atom. The van der Waals surface area contributed by atoms with E-state index in [4.69, 9.17) is 0 Å². The monoisotopic (exact) mass is 181 g/mol. The molecule has 2 rings (SSSR count). The first-order chi connectivity index (χ1) is 6.24. The van der Waals surface area contributed by atoms with E-state index in [1.54, 1.807) is 4.90 Å². The van der Waals surface area contributed by atoms with Crippen LogP contribution in [0.2, 0.25) is 0 Å². The smallest absolute Gasteiger partial charge is 0.311 e. The second kappa shape index (κ2) is 2.87. The van der Waals surface area contributed by atoms with Crippen molar-refractivity contribution in [3.05, 3.63) is 12.2 Å². The number of rotatable bonds is 1. The Hall–Kier alpha value is -1.32. The third kappa shape index (κ3) is 1.13. The summed E-state index contributed by atoms with van der Waals surface area (Å²) in [6.07, 6.45) is 4.12. The molecule has 13 heavy (non-hydrogen) atoms. The number of fused-ring (bicyclic) bond motifs is 1. The van der Waals surface area contributed by atoms with Crippen LogP contribution in [0.5, 0.6) is 0 Å². The van der Waals surface area contributed by atoms with Gasteiger partial charge in [0.1, 0.15) is 0 Å². The summed E-state index contributed by atoms with van der Waals surface area (Å²) in [6, 6.07) is -0.0556. The van der Waals surface area contributed by atoms with Crippen LogP contribution in [0.25, 0.3) is 0 Å². The number of hydrogen-bond donors (Lipinski definition) is 0. The van der Waals surface area contributed by atoms with Crippen LogP contribution in [0.15, 0.2) is 12.2 Å². The van der Waals surface area contributed by atoms with Crippen LogP contribution in [-0.2, 0) is 14.3 Å². The number of nitrogens with zero attached hydrogens (tertiary/aromatic N) is 1. The van der Waals surface area contributed by atoms with Gasteiger partial charge in [0.05, 0.1) is 19.1 Å². The summed E-state index contributed by atoms with van der Waals surface area (Å²) in [5.74, 6) is -0.533. The Balaban J connectivity index is 2.19. The average molecular weight is 181 g/mol. The van der Waals surface area contributed by atoms with Crippen LogP contribution < -0.4 is 0 Å². The van der Waals surface area contributed by atoms with Crippen LogP contribution in [0.4, 0.5) is 0 Å². The summed E-state index contributed by atoms with van der Waals surface area (Å²) >= 11 is 0. The van der Waals surface area contributed by atoms with Crippen molar-refractivity contribution in [1.29, 1.82) is 0 Å². The molecule has 2 aliphatic heterocycles. The molecule has 1 unspecified atom stereocenters. The summed E-state index contributed by atoms with van der Waals surface area (Å²) in [7, 11) is 1.36. The van der Waals surface area contributed by atoms with E-state index < -0.39 is 0 Å². The quantitative estimate of drug-likeness (QED) is 0.421. The molecule has 0 radical (unpaired) electrons. The molecule has 0 bridgehead atoms. The summed E-state index contributed by atoms with van der Waals surface area (Å²) < 4.78 is 4.64. The third-order valence-corrected chi connectivity index (χ3v) is 2.63. The molecule has 1 saturated heterocycles. The highest BCUT2D eigenvalue weighted by Gasteiger charge is 2.44. The van der Waals surface area contributed by atoms with Gasteiger partial charge >= 0.3 is 5.97 Å². The fraction of sp³-hybridized carbons (Fsp3) is 0.556. The minimum atomic E-state index is -0.295. The molecule has 2 atom stereocenters. The lowest BCUT2D eigenvalue weighted by Crippen LogP contribution is -2.32. The molecule has 1 fully saturated rings. The molecule has 2 heterocycles. The van der Waals surface area contributed by atoms with E-state index in [2.05, 4.69) is 4.74 Å². The third-order valence-electron chi connectivity index (χ3n) is 2.63. The highest BCUT2D eigenvalue weighted by atomic mass is 16.5. The average Bonchev–Trinajstić information content (AvgIpc) is 2.68. The first-order valence-corrected chi connectivity index (χ1v) is 4.28. The van der Waals surface area contributed by atoms with E-state index in [0.29, 0.717) is 13.0 Å². The van der Waals surface area contributed by atoms with E-state index in [1.165, 1.54) is 7.11 Å². The van der Waals surface area contributed by atoms with Crippen molar-refractivity contribution in [3.8, 4) is 0 Å². The maximum Gasteiger partial charge on any atom is 0.311 e. The Morgan fingerprint density at radius 2 is 2.46 bits per heavy atom.